The summed E-state index contributed by atoms with van der Waals surface area (Å²) in [5.41, 5.74) is 5.05. The van der Waals surface area contributed by atoms with Crippen LogP contribution in [0, 0.1) is 11.3 Å². The zero-order chi connectivity index (χ0) is 22.9. The molecule has 0 saturated heterocycles. The minimum Gasteiger partial charge on any atom is -0.490 e. The van der Waals surface area contributed by atoms with Crippen LogP contribution in [-0.2, 0) is 6.61 Å². The van der Waals surface area contributed by atoms with Crippen molar-refractivity contribution in [3.63, 3.8) is 0 Å². The van der Waals surface area contributed by atoms with Crippen molar-refractivity contribution >= 4 is 44.0 Å². The van der Waals surface area contributed by atoms with Gasteiger partial charge >= 0.3 is 0 Å². The minimum atomic E-state index is -0.325. The predicted octanol–water partition coefficient (Wildman–Crippen LogP) is 5.82. The molecule has 0 atom stereocenters. The van der Waals surface area contributed by atoms with E-state index in [2.05, 4.69) is 48.5 Å². The first kappa shape index (κ1) is 23.5. The van der Waals surface area contributed by atoms with Gasteiger partial charge in [-0.2, -0.15) is 10.4 Å². The Morgan fingerprint density at radius 2 is 1.84 bits per heavy atom. The summed E-state index contributed by atoms with van der Waals surface area (Å²) in [6, 6.07) is 20.1. The summed E-state index contributed by atoms with van der Waals surface area (Å²) in [6.07, 6.45) is 1.52. The minimum absolute atomic E-state index is 0.220. The molecule has 0 saturated carbocycles. The molecule has 0 radical (unpaired) electrons. The highest BCUT2D eigenvalue weighted by Crippen LogP contribution is 2.37. The molecule has 1 N–H and O–H groups in total. The number of carbonyl (C=O) groups excluding carboxylic acids is 1. The molecule has 3 aromatic rings. The van der Waals surface area contributed by atoms with Crippen LogP contribution in [0.15, 0.2) is 74.7 Å². The van der Waals surface area contributed by atoms with Gasteiger partial charge in [-0.25, -0.2) is 5.43 Å². The van der Waals surface area contributed by atoms with E-state index in [0.29, 0.717) is 43.7 Å². The Bertz CT molecular complexity index is 1190. The van der Waals surface area contributed by atoms with E-state index in [1.807, 2.05) is 37.3 Å². The Hall–Kier alpha value is -3.15. The Kier molecular flexibility index (Phi) is 8.42. The third-order valence-electron chi connectivity index (χ3n) is 4.34. The van der Waals surface area contributed by atoms with Crippen LogP contribution in [0.25, 0.3) is 0 Å². The first-order valence-corrected chi connectivity index (χ1v) is 11.3. The molecule has 0 aliphatic rings. The third kappa shape index (κ3) is 5.96. The van der Waals surface area contributed by atoms with Gasteiger partial charge in [0, 0.05) is 10.0 Å². The van der Waals surface area contributed by atoms with Gasteiger partial charge in [0.1, 0.15) is 6.61 Å². The molecule has 8 heteroatoms. The molecule has 3 rings (SSSR count). The first-order valence-electron chi connectivity index (χ1n) is 9.68. The third-order valence-corrected chi connectivity index (χ3v) is 5.62. The van der Waals surface area contributed by atoms with Crippen LogP contribution in [0.3, 0.4) is 0 Å². The Labute approximate surface area is 203 Å². The number of rotatable bonds is 8. The van der Waals surface area contributed by atoms with Gasteiger partial charge in [-0.05, 0) is 74.7 Å². The average Bonchev–Trinajstić information content (AvgIpc) is 2.79. The molecule has 0 fully saturated rings. The van der Waals surface area contributed by atoms with E-state index in [0.717, 1.165) is 5.56 Å². The van der Waals surface area contributed by atoms with E-state index in [4.69, 9.17) is 9.47 Å². The fraction of sp³-hybridized carbons (Fsp3) is 0.125. The van der Waals surface area contributed by atoms with E-state index in [1.165, 1.54) is 6.21 Å². The standard InChI is InChI=1S/C24H19Br2N3O3/c1-2-31-22-12-16(14-28-29-24(30)19-9-5-6-10-20(19)25)11-21(26)23(22)32-15-18-8-4-3-7-17(18)13-27/h3-12,14H,2,15H2,1H3,(H,29,30)/b28-14-. The van der Waals surface area contributed by atoms with Crippen molar-refractivity contribution in [1.29, 1.82) is 5.26 Å². The topological polar surface area (TPSA) is 83.7 Å². The summed E-state index contributed by atoms with van der Waals surface area (Å²) in [5.74, 6) is 0.720. The summed E-state index contributed by atoms with van der Waals surface area (Å²) in [5, 5.41) is 13.3. The SMILES string of the molecule is CCOc1cc(/C=N\NC(=O)c2ccccc2Br)cc(Br)c1OCc1ccccc1C#N. The highest BCUT2D eigenvalue weighted by Gasteiger charge is 2.13. The van der Waals surface area contributed by atoms with Gasteiger partial charge in [0.25, 0.3) is 5.91 Å². The molecule has 0 aliphatic carbocycles. The molecule has 0 bridgehead atoms. The van der Waals surface area contributed by atoms with Gasteiger partial charge in [0.05, 0.1) is 34.5 Å². The van der Waals surface area contributed by atoms with E-state index in [1.54, 1.807) is 30.3 Å². The molecule has 0 heterocycles. The number of hydrogen-bond donors (Lipinski definition) is 1. The normalized spacial score (nSPS) is 10.6. The number of carbonyl (C=O) groups is 1. The number of halogens is 2. The van der Waals surface area contributed by atoms with Gasteiger partial charge in [-0.1, -0.05) is 30.3 Å². The molecule has 162 valence electrons. The van der Waals surface area contributed by atoms with Gasteiger partial charge in [0.2, 0.25) is 0 Å². The van der Waals surface area contributed by atoms with E-state index < -0.39 is 0 Å². The van der Waals surface area contributed by atoms with Gasteiger partial charge < -0.3 is 9.47 Å². The number of amides is 1. The molecule has 0 unspecified atom stereocenters. The van der Waals surface area contributed by atoms with Crippen molar-refractivity contribution in [1.82, 2.24) is 5.43 Å². The molecule has 0 aliphatic heterocycles. The van der Waals surface area contributed by atoms with E-state index >= 15 is 0 Å². The van der Waals surface area contributed by atoms with Crippen molar-refractivity contribution in [2.24, 2.45) is 5.10 Å². The summed E-state index contributed by atoms with van der Waals surface area (Å²) >= 11 is 6.87. The Balaban J connectivity index is 1.76. The van der Waals surface area contributed by atoms with Crippen LogP contribution >= 0.6 is 31.9 Å². The smallest absolute Gasteiger partial charge is 0.272 e. The number of hydrazone groups is 1. The molecule has 32 heavy (non-hydrogen) atoms. The maximum atomic E-state index is 12.3. The van der Waals surface area contributed by atoms with Crippen LogP contribution in [0.2, 0.25) is 0 Å². The van der Waals surface area contributed by atoms with Gasteiger partial charge in [-0.15, -0.1) is 0 Å². The summed E-state index contributed by atoms with van der Waals surface area (Å²) in [6.45, 7) is 2.54. The zero-order valence-electron chi connectivity index (χ0n) is 17.1. The molecule has 3 aromatic carbocycles. The number of nitrogens with one attached hydrogen (secondary N) is 1. The quantitative estimate of drug-likeness (QED) is 0.280. The van der Waals surface area contributed by atoms with Crippen molar-refractivity contribution in [3.05, 3.63) is 91.9 Å². The highest BCUT2D eigenvalue weighted by molar-refractivity contribution is 9.10. The van der Waals surface area contributed by atoms with Crippen LogP contribution < -0.4 is 14.9 Å². The molecule has 1 amide bonds. The van der Waals surface area contributed by atoms with Crippen LogP contribution in [0.5, 0.6) is 11.5 Å². The van der Waals surface area contributed by atoms with Crippen molar-refractivity contribution in [2.45, 2.75) is 13.5 Å². The molecular weight excluding hydrogens is 538 g/mol. The average molecular weight is 557 g/mol. The first-order chi connectivity index (χ1) is 15.5. The second kappa shape index (κ2) is 11.5. The lowest BCUT2D eigenvalue weighted by atomic mass is 10.1. The second-order valence-corrected chi connectivity index (χ2v) is 8.21. The lowest BCUT2D eigenvalue weighted by molar-refractivity contribution is 0.0954. The van der Waals surface area contributed by atoms with Crippen LogP contribution in [0.1, 0.15) is 34.0 Å². The monoisotopic (exact) mass is 555 g/mol. The van der Waals surface area contributed by atoms with Crippen LogP contribution in [0.4, 0.5) is 0 Å². The summed E-state index contributed by atoms with van der Waals surface area (Å²) in [7, 11) is 0. The fourth-order valence-corrected chi connectivity index (χ4v) is 3.88. The summed E-state index contributed by atoms with van der Waals surface area (Å²) in [4.78, 5) is 12.3. The maximum absolute atomic E-state index is 12.3. The second-order valence-electron chi connectivity index (χ2n) is 6.50. The van der Waals surface area contributed by atoms with E-state index in [9.17, 15) is 10.1 Å². The lowest BCUT2D eigenvalue weighted by Gasteiger charge is -2.15. The van der Waals surface area contributed by atoms with Crippen molar-refractivity contribution in [3.8, 4) is 17.6 Å². The molecule has 6 nitrogen and oxygen atoms in total. The number of nitrogens with zero attached hydrogens (tertiary/aromatic N) is 2. The molecular formula is C24H19Br2N3O3. The number of benzene rings is 3. The maximum Gasteiger partial charge on any atom is 0.272 e. The largest absolute Gasteiger partial charge is 0.490 e. The van der Waals surface area contributed by atoms with Gasteiger partial charge in [-0.3, -0.25) is 4.79 Å². The molecule has 0 spiro atoms. The number of hydrogen-bond acceptors (Lipinski definition) is 5. The zero-order valence-corrected chi connectivity index (χ0v) is 20.3. The molecule has 0 aromatic heterocycles. The number of ether oxygens (including phenoxy) is 2. The van der Waals surface area contributed by atoms with Crippen molar-refractivity contribution in [2.75, 3.05) is 6.61 Å². The fourth-order valence-electron chi connectivity index (χ4n) is 2.84. The lowest BCUT2D eigenvalue weighted by Crippen LogP contribution is -2.18. The Morgan fingerprint density at radius 1 is 1.09 bits per heavy atom. The number of nitriles is 1. The van der Waals surface area contributed by atoms with Crippen molar-refractivity contribution < 1.29 is 14.3 Å². The van der Waals surface area contributed by atoms with E-state index in [-0.39, 0.29) is 12.5 Å². The van der Waals surface area contributed by atoms with Gasteiger partial charge in [0.15, 0.2) is 11.5 Å². The Morgan fingerprint density at radius 3 is 2.59 bits per heavy atom. The van der Waals surface area contributed by atoms with Crippen LogP contribution in [-0.4, -0.2) is 18.7 Å². The highest BCUT2D eigenvalue weighted by atomic mass is 79.9. The summed E-state index contributed by atoms with van der Waals surface area (Å²) < 4.78 is 13.1. The predicted molar refractivity (Wildman–Crippen MR) is 130 cm³/mol.